The van der Waals surface area contributed by atoms with Crippen LogP contribution in [-0.2, 0) is 4.79 Å². The minimum Gasteiger partial charge on any atom is -0.494 e. The average molecular weight is 252 g/mol. The summed E-state index contributed by atoms with van der Waals surface area (Å²) in [5.41, 5.74) is 0.534. The Labute approximate surface area is 106 Å². The molecule has 0 unspecified atom stereocenters. The predicted molar refractivity (Wildman–Crippen MR) is 67.2 cm³/mol. The Hall–Kier alpha value is -1.62. The second-order valence-electron chi connectivity index (χ2n) is 4.47. The predicted octanol–water partition coefficient (Wildman–Crippen LogP) is 1.77. The first-order valence-electron chi connectivity index (χ1n) is 6.03. The summed E-state index contributed by atoms with van der Waals surface area (Å²) in [6.45, 7) is 1.16. The van der Waals surface area contributed by atoms with E-state index in [0.717, 1.165) is 12.5 Å². The van der Waals surface area contributed by atoms with E-state index in [2.05, 4.69) is 10.6 Å². The molecule has 1 amide bonds. The largest absolute Gasteiger partial charge is 0.494 e. The number of halogens is 1. The summed E-state index contributed by atoms with van der Waals surface area (Å²) < 4.78 is 18.0. The Kier molecular flexibility index (Phi) is 4.15. The number of benzene rings is 1. The molecule has 1 aliphatic rings. The Bertz CT molecular complexity index is 433. The van der Waals surface area contributed by atoms with Crippen LogP contribution in [0.2, 0.25) is 0 Å². The zero-order valence-electron chi connectivity index (χ0n) is 10.3. The van der Waals surface area contributed by atoms with Crippen LogP contribution in [0, 0.1) is 11.7 Å². The average Bonchev–Trinajstić information content (AvgIpc) is 3.15. The number of ether oxygens (including phenoxy) is 1. The van der Waals surface area contributed by atoms with Crippen LogP contribution in [0.4, 0.5) is 10.1 Å². The van der Waals surface area contributed by atoms with Gasteiger partial charge >= 0.3 is 0 Å². The monoisotopic (exact) mass is 252 g/mol. The molecule has 0 aliphatic heterocycles. The normalized spacial score (nSPS) is 14.3. The first-order valence-corrected chi connectivity index (χ1v) is 6.03. The summed E-state index contributed by atoms with van der Waals surface area (Å²) in [4.78, 5) is 11.6. The van der Waals surface area contributed by atoms with Gasteiger partial charge < -0.3 is 15.4 Å². The van der Waals surface area contributed by atoms with Crippen LogP contribution >= 0.6 is 0 Å². The third-order valence-corrected chi connectivity index (χ3v) is 2.85. The number of hydrogen-bond acceptors (Lipinski definition) is 3. The molecule has 4 nitrogen and oxygen atoms in total. The fourth-order valence-electron chi connectivity index (χ4n) is 1.65. The van der Waals surface area contributed by atoms with Crippen LogP contribution in [-0.4, -0.2) is 26.1 Å². The highest BCUT2D eigenvalue weighted by Gasteiger charge is 2.20. The Balaban J connectivity index is 1.81. The number of carbonyl (C=O) groups excluding carboxylic acids is 1. The number of hydrogen-bond donors (Lipinski definition) is 2. The maximum atomic E-state index is 13.2. The van der Waals surface area contributed by atoms with Crippen molar-refractivity contribution in [2.24, 2.45) is 5.92 Å². The molecule has 0 bridgehead atoms. The van der Waals surface area contributed by atoms with E-state index in [-0.39, 0.29) is 18.2 Å². The van der Waals surface area contributed by atoms with Crippen LogP contribution in [0.1, 0.15) is 12.8 Å². The minimum atomic E-state index is -0.442. The molecule has 0 radical (unpaired) electrons. The van der Waals surface area contributed by atoms with Crippen molar-refractivity contribution in [2.75, 3.05) is 25.5 Å². The molecule has 0 heterocycles. The van der Waals surface area contributed by atoms with E-state index in [0.29, 0.717) is 5.69 Å². The number of rotatable bonds is 6. The lowest BCUT2D eigenvalue weighted by Crippen LogP contribution is -2.29. The van der Waals surface area contributed by atoms with Crippen LogP contribution in [0.25, 0.3) is 0 Å². The van der Waals surface area contributed by atoms with Gasteiger partial charge in [0.1, 0.15) is 0 Å². The van der Waals surface area contributed by atoms with E-state index in [9.17, 15) is 9.18 Å². The van der Waals surface area contributed by atoms with E-state index in [1.165, 1.54) is 38.2 Å². The molecule has 0 saturated heterocycles. The van der Waals surface area contributed by atoms with Crippen molar-refractivity contribution in [3.8, 4) is 5.75 Å². The van der Waals surface area contributed by atoms with Gasteiger partial charge in [-0.25, -0.2) is 4.39 Å². The van der Waals surface area contributed by atoms with Crippen LogP contribution in [0.3, 0.4) is 0 Å². The molecule has 1 aromatic carbocycles. The fraction of sp³-hybridized carbons (Fsp3) is 0.462. The number of amides is 1. The fourth-order valence-corrected chi connectivity index (χ4v) is 1.65. The van der Waals surface area contributed by atoms with Crippen molar-refractivity contribution < 1.29 is 13.9 Å². The molecule has 0 spiro atoms. The van der Waals surface area contributed by atoms with Gasteiger partial charge in [0.05, 0.1) is 13.7 Å². The lowest BCUT2D eigenvalue weighted by molar-refractivity contribution is -0.115. The van der Waals surface area contributed by atoms with Gasteiger partial charge in [0, 0.05) is 11.8 Å². The summed E-state index contributed by atoms with van der Waals surface area (Å²) in [5, 5.41) is 5.78. The molecule has 98 valence electrons. The van der Waals surface area contributed by atoms with Crippen molar-refractivity contribution in [1.82, 2.24) is 5.32 Å². The molecule has 0 atom stereocenters. The molecule has 1 saturated carbocycles. The van der Waals surface area contributed by atoms with E-state index in [1.807, 2.05) is 0 Å². The lowest BCUT2D eigenvalue weighted by Gasteiger charge is -2.08. The zero-order valence-corrected chi connectivity index (χ0v) is 10.3. The van der Waals surface area contributed by atoms with Crippen LogP contribution < -0.4 is 15.4 Å². The number of carbonyl (C=O) groups is 1. The van der Waals surface area contributed by atoms with Crippen LogP contribution in [0.5, 0.6) is 5.75 Å². The second kappa shape index (κ2) is 5.82. The van der Waals surface area contributed by atoms with Crippen molar-refractivity contribution in [1.29, 1.82) is 0 Å². The van der Waals surface area contributed by atoms with Crippen molar-refractivity contribution >= 4 is 11.6 Å². The van der Waals surface area contributed by atoms with Gasteiger partial charge in [-0.2, -0.15) is 0 Å². The molecular formula is C13H17FN2O2. The van der Waals surface area contributed by atoms with Crippen LogP contribution in [0.15, 0.2) is 18.2 Å². The highest BCUT2D eigenvalue weighted by atomic mass is 19.1. The van der Waals surface area contributed by atoms with Gasteiger partial charge in [0.25, 0.3) is 0 Å². The number of methoxy groups -OCH3 is 1. The lowest BCUT2D eigenvalue weighted by atomic mass is 10.3. The molecule has 2 rings (SSSR count). The van der Waals surface area contributed by atoms with E-state index in [1.54, 1.807) is 0 Å². The zero-order chi connectivity index (χ0) is 13.0. The van der Waals surface area contributed by atoms with Gasteiger partial charge in [-0.15, -0.1) is 0 Å². The molecule has 5 heteroatoms. The molecule has 1 aromatic rings. The van der Waals surface area contributed by atoms with Crippen molar-refractivity contribution in [2.45, 2.75) is 12.8 Å². The number of anilines is 1. The van der Waals surface area contributed by atoms with Gasteiger partial charge in [0.2, 0.25) is 5.91 Å². The topological polar surface area (TPSA) is 50.4 Å². The third kappa shape index (κ3) is 3.70. The summed E-state index contributed by atoms with van der Waals surface area (Å²) in [5.74, 6) is 0.286. The quantitative estimate of drug-likeness (QED) is 0.811. The van der Waals surface area contributed by atoms with Crippen molar-refractivity contribution in [3.63, 3.8) is 0 Å². The second-order valence-corrected chi connectivity index (χ2v) is 4.47. The standard InChI is InChI=1S/C13H17FN2O2/c1-18-12-6-10(4-5-11(12)14)16-13(17)8-15-7-9-2-3-9/h4-6,9,15H,2-3,7-8H2,1H3,(H,16,17). The summed E-state index contributed by atoms with van der Waals surface area (Å²) in [7, 11) is 1.39. The van der Waals surface area contributed by atoms with E-state index < -0.39 is 5.82 Å². The molecule has 2 N–H and O–H groups in total. The van der Waals surface area contributed by atoms with Gasteiger partial charge in [-0.3, -0.25) is 4.79 Å². The van der Waals surface area contributed by atoms with E-state index >= 15 is 0 Å². The Morgan fingerprint density at radius 1 is 1.50 bits per heavy atom. The highest BCUT2D eigenvalue weighted by molar-refractivity contribution is 5.92. The summed E-state index contributed by atoms with van der Waals surface area (Å²) in [6.07, 6.45) is 2.51. The summed E-state index contributed by atoms with van der Waals surface area (Å²) >= 11 is 0. The van der Waals surface area contributed by atoms with Gasteiger partial charge in [-0.05, 0) is 37.4 Å². The van der Waals surface area contributed by atoms with Gasteiger partial charge in [0.15, 0.2) is 11.6 Å². The highest BCUT2D eigenvalue weighted by Crippen LogP contribution is 2.27. The molecule has 1 aliphatic carbocycles. The molecular weight excluding hydrogens is 235 g/mol. The Morgan fingerprint density at radius 2 is 2.28 bits per heavy atom. The molecule has 1 fully saturated rings. The number of nitrogens with one attached hydrogen (secondary N) is 2. The first-order chi connectivity index (χ1) is 8.69. The minimum absolute atomic E-state index is 0.124. The van der Waals surface area contributed by atoms with E-state index in [4.69, 9.17) is 4.74 Å². The van der Waals surface area contributed by atoms with Crippen molar-refractivity contribution in [3.05, 3.63) is 24.0 Å². The maximum Gasteiger partial charge on any atom is 0.238 e. The first kappa shape index (κ1) is 12.8. The van der Waals surface area contributed by atoms with Gasteiger partial charge in [-0.1, -0.05) is 0 Å². The smallest absolute Gasteiger partial charge is 0.238 e. The SMILES string of the molecule is COc1cc(NC(=O)CNCC2CC2)ccc1F. The Morgan fingerprint density at radius 3 is 2.94 bits per heavy atom. The maximum absolute atomic E-state index is 13.2. The third-order valence-electron chi connectivity index (χ3n) is 2.85. The molecule has 18 heavy (non-hydrogen) atoms. The summed E-state index contributed by atoms with van der Waals surface area (Å²) in [6, 6.07) is 4.25. The molecule has 0 aromatic heterocycles.